The van der Waals surface area contributed by atoms with E-state index in [4.69, 9.17) is 4.74 Å². The number of amides is 1. The summed E-state index contributed by atoms with van der Waals surface area (Å²) in [4.78, 5) is 26.0. The Morgan fingerprint density at radius 2 is 1.95 bits per heavy atom. The number of ether oxygens (including phenoxy) is 1. The average Bonchev–Trinajstić information content (AvgIpc) is 3.39. The van der Waals surface area contributed by atoms with Crippen molar-refractivity contribution in [2.24, 2.45) is 5.92 Å². The Bertz CT molecular complexity index is 524. The molecule has 0 N–H and O–H groups in total. The van der Waals surface area contributed by atoms with Gasteiger partial charge in [0.25, 0.3) is 0 Å². The van der Waals surface area contributed by atoms with Crippen LogP contribution in [0.2, 0.25) is 0 Å². The van der Waals surface area contributed by atoms with Gasteiger partial charge in [-0.3, -0.25) is 9.59 Å². The third-order valence-corrected chi connectivity index (χ3v) is 4.21. The van der Waals surface area contributed by atoms with Crippen molar-refractivity contribution in [2.45, 2.75) is 38.1 Å². The van der Waals surface area contributed by atoms with E-state index in [0.717, 1.165) is 19.3 Å². The Kier molecular flexibility index (Phi) is 3.95. The first-order chi connectivity index (χ1) is 10.2. The van der Waals surface area contributed by atoms with Crippen LogP contribution in [0.4, 0.5) is 0 Å². The van der Waals surface area contributed by atoms with Crippen LogP contribution in [-0.4, -0.2) is 36.0 Å². The highest BCUT2D eigenvalue weighted by molar-refractivity contribution is 5.87. The Labute approximate surface area is 125 Å². The molecule has 0 aromatic heterocycles. The predicted octanol–water partition coefficient (Wildman–Crippen LogP) is 2.34. The standard InChI is InChI=1S/C17H21NO3/c1-2-21-16(19)11-18(13-8-9-13)17(20)15-10-14(15)12-6-4-3-5-7-12/h3-7,13-15H,2,8-11H2,1H3. The van der Waals surface area contributed by atoms with Crippen LogP contribution >= 0.6 is 0 Å². The number of nitrogens with zero attached hydrogens (tertiary/aromatic N) is 1. The first-order valence-corrected chi connectivity index (χ1v) is 7.71. The highest BCUT2D eigenvalue weighted by Gasteiger charge is 2.48. The maximum Gasteiger partial charge on any atom is 0.325 e. The molecule has 4 heteroatoms. The van der Waals surface area contributed by atoms with Crippen molar-refractivity contribution in [3.05, 3.63) is 35.9 Å². The minimum atomic E-state index is -0.297. The van der Waals surface area contributed by atoms with Crippen LogP contribution in [0.3, 0.4) is 0 Å². The molecule has 1 amide bonds. The van der Waals surface area contributed by atoms with Crippen molar-refractivity contribution >= 4 is 11.9 Å². The van der Waals surface area contributed by atoms with E-state index in [1.165, 1.54) is 5.56 Å². The molecular weight excluding hydrogens is 266 g/mol. The lowest BCUT2D eigenvalue weighted by Crippen LogP contribution is -2.39. The molecule has 2 aliphatic rings. The van der Waals surface area contributed by atoms with Crippen LogP contribution in [0.25, 0.3) is 0 Å². The van der Waals surface area contributed by atoms with E-state index >= 15 is 0 Å². The fourth-order valence-corrected chi connectivity index (χ4v) is 2.87. The predicted molar refractivity (Wildman–Crippen MR) is 78.7 cm³/mol. The van der Waals surface area contributed by atoms with Gasteiger partial charge in [-0.25, -0.2) is 0 Å². The molecule has 2 unspecified atom stereocenters. The summed E-state index contributed by atoms with van der Waals surface area (Å²) >= 11 is 0. The van der Waals surface area contributed by atoms with Gasteiger partial charge in [0.2, 0.25) is 5.91 Å². The van der Waals surface area contributed by atoms with Crippen molar-refractivity contribution < 1.29 is 14.3 Å². The van der Waals surface area contributed by atoms with Gasteiger partial charge < -0.3 is 9.64 Å². The highest BCUT2D eigenvalue weighted by atomic mass is 16.5. The molecule has 1 aromatic carbocycles. The molecule has 2 fully saturated rings. The van der Waals surface area contributed by atoms with E-state index in [1.807, 2.05) is 18.2 Å². The normalized spacial score (nSPS) is 23.5. The second kappa shape index (κ2) is 5.88. The summed E-state index contributed by atoms with van der Waals surface area (Å²) in [5.74, 6) is 0.193. The lowest BCUT2D eigenvalue weighted by atomic mass is 10.1. The molecule has 2 saturated carbocycles. The Morgan fingerprint density at radius 1 is 1.24 bits per heavy atom. The van der Waals surface area contributed by atoms with Crippen molar-refractivity contribution in [2.75, 3.05) is 13.2 Å². The number of benzene rings is 1. The quantitative estimate of drug-likeness (QED) is 0.755. The molecule has 2 atom stereocenters. The minimum absolute atomic E-state index is 0.0439. The van der Waals surface area contributed by atoms with Gasteiger partial charge in [-0.15, -0.1) is 0 Å². The van der Waals surface area contributed by atoms with E-state index in [0.29, 0.717) is 12.5 Å². The topological polar surface area (TPSA) is 46.6 Å². The van der Waals surface area contributed by atoms with Crippen LogP contribution in [0, 0.1) is 5.92 Å². The third-order valence-electron chi connectivity index (χ3n) is 4.21. The van der Waals surface area contributed by atoms with Crippen molar-refractivity contribution in [3.63, 3.8) is 0 Å². The fourth-order valence-electron chi connectivity index (χ4n) is 2.87. The highest BCUT2D eigenvalue weighted by Crippen LogP contribution is 2.49. The molecule has 3 rings (SSSR count). The summed E-state index contributed by atoms with van der Waals surface area (Å²) in [6.45, 7) is 2.25. The maximum absolute atomic E-state index is 12.6. The van der Waals surface area contributed by atoms with Gasteiger partial charge in [-0.05, 0) is 37.7 Å². The number of carbonyl (C=O) groups is 2. The number of rotatable bonds is 6. The Balaban J connectivity index is 1.62. The second-order valence-corrected chi connectivity index (χ2v) is 5.86. The Morgan fingerprint density at radius 3 is 2.57 bits per heavy atom. The summed E-state index contributed by atoms with van der Waals surface area (Å²) in [5, 5.41) is 0. The summed E-state index contributed by atoms with van der Waals surface area (Å²) in [5.41, 5.74) is 1.22. The Hall–Kier alpha value is -1.84. The van der Waals surface area contributed by atoms with E-state index in [-0.39, 0.29) is 30.4 Å². The van der Waals surface area contributed by atoms with E-state index in [2.05, 4.69) is 12.1 Å². The first kappa shape index (κ1) is 14.1. The number of hydrogen-bond donors (Lipinski definition) is 0. The third kappa shape index (κ3) is 3.26. The van der Waals surface area contributed by atoms with E-state index in [1.54, 1.807) is 11.8 Å². The second-order valence-electron chi connectivity index (χ2n) is 5.86. The molecule has 0 radical (unpaired) electrons. The van der Waals surface area contributed by atoms with Gasteiger partial charge >= 0.3 is 5.97 Å². The molecule has 1 aromatic rings. The SMILES string of the molecule is CCOC(=O)CN(C(=O)C1CC1c1ccccc1)C1CC1. The van der Waals surface area contributed by atoms with Crippen LogP contribution in [0.1, 0.15) is 37.7 Å². The van der Waals surface area contributed by atoms with Crippen LogP contribution in [0.15, 0.2) is 30.3 Å². The maximum atomic E-state index is 12.6. The van der Waals surface area contributed by atoms with Crippen molar-refractivity contribution in [1.29, 1.82) is 0 Å². The van der Waals surface area contributed by atoms with Gasteiger partial charge in [-0.1, -0.05) is 30.3 Å². The smallest absolute Gasteiger partial charge is 0.325 e. The zero-order valence-corrected chi connectivity index (χ0v) is 12.3. The number of hydrogen-bond acceptors (Lipinski definition) is 3. The van der Waals surface area contributed by atoms with Gasteiger partial charge in [-0.2, -0.15) is 0 Å². The molecule has 0 aliphatic heterocycles. The molecule has 0 saturated heterocycles. The molecule has 112 valence electrons. The van der Waals surface area contributed by atoms with Crippen molar-refractivity contribution in [1.82, 2.24) is 4.90 Å². The fraction of sp³-hybridized carbons (Fsp3) is 0.529. The van der Waals surface area contributed by atoms with Gasteiger partial charge in [0.1, 0.15) is 6.54 Å². The van der Waals surface area contributed by atoms with Crippen LogP contribution in [0.5, 0.6) is 0 Å². The van der Waals surface area contributed by atoms with Crippen LogP contribution < -0.4 is 0 Å². The molecule has 2 aliphatic carbocycles. The molecular formula is C17H21NO3. The van der Waals surface area contributed by atoms with Crippen LogP contribution in [-0.2, 0) is 14.3 Å². The monoisotopic (exact) mass is 287 g/mol. The molecule has 0 heterocycles. The number of carbonyl (C=O) groups excluding carboxylic acids is 2. The summed E-state index contributed by atoms with van der Waals surface area (Å²) in [6.07, 6.45) is 2.91. The lowest BCUT2D eigenvalue weighted by Gasteiger charge is -2.21. The molecule has 0 spiro atoms. The van der Waals surface area contributed by atoms with Crippen molar-refractivity contribution in [3.8, 4) is 0 Å². The zero-order valence-electron chi connectivity index (χ0n) is 12.3. The summed E-state index contributed by atoms with van der Waals surface area (Å²) in [6, 6.07) is 10.4. The largest absolute Gasteiger partial charge is 0.465 e. The minimum Gasteiger partial charge on any atom is -0.465 e. The summed E-state index contributed by atoms with van der Waals surface area (Å²) < 4.78 is 4.98. The first-order valence-electron chi connectivity index (χ1n) is 7.71. The number of esters is 1. The lowest BCUT2D eigenvalue weighted by molar-refractivity contribution is -0.149. The summed E-state index contributed by atoms with van der Waals surface area (Å²) in [7, 11) is 0. The molecule has 0 bridgehead atoms. The average molecular weight is 287 g/mol. The van der Waals surface area contributed by atoms with Gasteiger partial charge in [0.15, 0.2) is 0 Å². The molecule has 4 nitrogen and oxygen atoms in total. The van der Waals surface area contributed by atoms with E-state index in [9.17, 15) is 9.59 Å². The van der Waals surface area contributed by atoms with Gasteiger partial charge in [0, 0.05) is 12.0 Å². The molecule has 21 heavy (non-hydrogen) atoms. The van der Waals surface area contributed by atoms with Gasteiger partial charge in [0.05, 0.1) is 6.61 Å². The van der Waals surface area contributed by atoms with E-state index < -0.39 is 0 Å². The zero-order chi connectivity index (χ0) is 14.8.